The number of esters is 1. The molecule has 2 rings (SSSR count). The Morgan fingerprint density at radius 3 is 2.71 bits per heavy atom. The lowest BCUT2D eigenvalue weighted by Gasteiger charge is -2.19. The summed E-state index contributed by atoms with van der Waals surface area (Å²) in [6.07, 6.45) is 0. The van der Waals surface area contributed by atoms with Crippen LogP contribution in [0.4, 0.5) is 0 Å². The second kappa shape index (κ2) is 5.72. The Kier molecular flexibility index (Phi) is 4.72. The lowest BCUT2D eigenvalue weighted by atomic mass is 10.4. The van der Waals surface area contributed by atoms with Crippen molar-refractivity contribution in [3.63, 3.8) is 0 Å². The van der Waals surface area contributed by atoms with E-state index in [1.165, 1.54) is 5.75 Å². The van der Waals surface area contributed by atoms with E-state index >= 15 is 0 Å². The normalized spacial score (nSPS) is 36.4. The standard InChI is InChI=1S/C11H16O2S4/c1-7(2)10(12)13-4-9-6-15-11(17-9)14-5-8(3)16-11/h8-9H,1,4-6H2,2-3H3. The monoisotopic (exact) mass is 308 g/mol. The molecule has 0 aromatic heterocycles. The molecule has 6 heteroatoms. The second-order valence-electron chi connectivity index (χ2n) is 4.17. The number of hydrogen-bond donors (Lipinski definition) is 0. The summed E-state index contributed by atoms with van der Waals surface area (Å²) in [6.45, 7) is 8.07. The molecule has 96 valence electrons. The zero-order valence-corrected chi connectivity index (χ0v) is 13.2. The number of thioether (sulfide) groups is 4. The fourth-order valence-electron chi connectivity index (χ4n) is 1.51. The average Bonchev–Trinajstić information content (AvgIpc) is 2.83. The van der Waals surface area contributed by atoms with E-state index in [-0.39, 0.29) is 8.71 Å². The molecule has 3 unspecified atom stereocenters. The Morgan fingerprint density at radius 1 is 1.41 bits per heavy atom. The van der Waals surface area contributed by atoms with E-state index in [4.69, 9.17) is 4.74 Å². The maximum atomic E-state index is 11.3. The lowest BCUT2D eigenvalue weighted by Crippen LogP contribution is -2.16. The molecular weight excluding hydrogens is 292 g/mol. The number of ether oxygens (including phenoxy) is 1. The molecule has 0 amide bonds. The summed E-state index contributed by atoms with van der Waals surface area (Å²) in [6, 6.07) is 0. The summed E-state index contributed by atoms with van der Waals surface area (Å²) in [5.41, 5.74) is 0.480. The van der Waals surface area contributed by atoms with E-state index in [9.17, 15) is 4.79 Å². The van der Waals surface area contributed by atoms with Crippen molar-refractivity contribution >= 4 is 53.0 Å². The number of rotatable bonds is 3. The van der Waals surface area contributed by atoms with E-state index in [1.54, 1.807) is 6.92 Å². The van der Waals surface area contributed by atoms with Crippen LogP contribution in [0.3, 0.4) is 0 Å². The Balaban J connectivity index is 1.79. The molecule has 2 nitrogen and oxygen atoms in total. The highest BCUT2D eigenvalue weighted by atomic mass is 32.3. The van der Waals surface area contributed by atoms with Crippen molar-refractivity contribution in [3.8, 4) is 0 Å². The van der Waals surface area contributed by atoms with Crippen LogP contribution in [0.2, 0.25) is 0 Å². The predicted octanol–water partition coefficient (Wildman–Crippen LogP) is 3.43. The molecule has 2 heterocycles. The molecule has 2 saturated heterocycles. The fourth-order valence-corrected chi connectivity index (χ4v) is 10.00. The molecule has 3 atom stereocenters. The van der Waals surface area contributed by atoms with Gasteiger partial charge in [0.05, 0.1) is 5.25 Å². The Bertz CT molecular complexity index is 333. The Hall–Kier alpha value is 0.610. The lowest BCUT2D eigenvalue weighted by molar-refractivity contribution is -0.138. The molecule has 1 spiro atoms. The van der Waals surface area contributed by atoms with Gasteiger partial charge in [0, 0.05) is 22.3 Å². The van der Waals surface area contributed by atoms with Crippen LogP contribution in [0.15, 0.2) is 12.2 Å². The van der Waals surface area contributed by atoms with Gasteiger partial charge < -0.3 is 4.74 Å². The third kappa shape index (κ3) is 3.55. The molecular formula is C11H16O2S4. The van der Waals surface area contributed by atoms with Gasteiger partial charge in [-0.3, -0.25) is 0 Å². The molecule has 2 aliphatic rings. The van der Waals surface area contributed by atoms with Gasteiger partial charge in [-0.05, 0) is 6.92 Å². The van der Waals surface area contributed by atoms with E-state index in [0.717, 1.165) is 11.0 Å². The van der Waals surface area contributed by atoms with Crippen LogP contribution in [0.25, 0.3) is 0 Å². The molecule has 0 bridgehead atoms. The molecule has 0 aliphatic carbocycles. The number of carbonyl (C=O) groups is 1. The molecule has 2 fully saturated rings. The van der Waals surface area contributed by atoms with Gasteiger partial charge in [-0.2, -0.15) is 0 Å². The highest BCUT2D eigenvalue weighted by Crippen LogP contribution is 2.66. The first-order valence-corrected chi connectivity index (χ1v) is 9.20. The van der Waals surface area contributed by atoms with Gasteiger partial charge >= 0.3 is 5.97 Å². The predicted molar refractivity (Wildman–Crippen MR) is 81.9 cm³/mol. The van der Waals surface area contributed by atoms with Gasteiger partial charge in [-0.25, -0.2) is 4.79 Å². The van der Waals surface area contributed by atoms with Crippen LogP contribution in [0.5, 0.6) is 0 Å². The van der Waals surface area contributed by atoms with Gasteiger partial charge in [0.15, 0.2) is 2.74 Å². The highest BCUT2D eigenvalue weighted by molar-refractivity contribution is 8.50. The van der Waals surface area contributed by atoms with Crippen LogP contribution in [-0.2, 0) is 9.53 Å². The third-order valence-corrected chi connectivity index (χ3v) is 10.3. The number of carbonyl (C=O) groups excluding carboxylic acids is 1. The first-order valence-electron chi connectivity index (χ1n) is 5.47. The van der Waals surface area contributed by atoms with Gasteiger partial charge in [-0.15, -0.1) is 47.0 Å². The van der Waals surface area contributed by atoms with Crippen LogP contribution in [-0.4, -0.2) is 37.3 Å². The largest absolute Gasteiger partial charge is 0.461 e. The van der Waals surface area contributed by atoms with Gasteiger partial charge in [0.25, 0.3) is 0 Å². The fraction of sp³-hybridized carbons (Fsp3) is 0.727. The van der Waals surface area contributed by atoms with Crippen LogP contribution in [0.1, 0.15) is 13.8 Å². The first-order chi connectivity index (χ1) is 8.01. The maximum absolute atomic E-state index is 11.3. The molecule has 17 heavy (non-hydrogen) atoms. The molecule has 0 N–H and O–H groups in total. The maximum Gasteiger partial charge on any atom is 0.333 e. The molecule has 0 radical (unpaired) electrons. The van der Waals surface area contributed by atoms with Gasteiger partial charge in [-0.1, -0.05) is 13.5 Å². The van der Waals surface area contributed by atoms with E-state index in [1.807, 2.05) is 35.3 Å². The zero-order valence-electron chi connectivity index (χ0n) is 9.93. The minimum Gasteiger partial charge on any atom is -0.461 e. The van der Waals surface area contributed by atoms with Crippen LogP contribution < -0.4 is 0 Å². The van der Waals surface area contributed by atoms with Crippen molar-refractivity contribution < 1.29 is 9.53 Å². The first kappa shape index (κ1) is 14.0. The summed E-state index contributed by atoms with van der Waals surface area (Å²) < 4.78 is 5.49. The van der Waals surface area contributed by atoms with Crippen molar-refractivity contribution in [2.75, 3.05) is 18.1 Å². The topological polar surface area (TPSA) is 26.3 Å². The SMILES string of the molecule is C=C(C)C(=O)OCC1CSC2(SCC(C)S2)S1. The van der Waals surface area contributed by atoms with Crippen LogP contribution >= 0.6 is 47.0 Å². The molecule has 0 aromatic rings. The minimum atomic E-state index is -0.267. The number of hydrogen-bond acceptors (Lipinski definition) is 6. The smallest absolute Gasteiger partial charge is 0.333 e. The molecule has 2 aliphatic heterocycles. The summed E-state index contributed by atoms with van der Waals surface area (Å²) in [7, 11) is 0. The summed E-state index contributed by atoms with van der Waals surface area (Å²) in [5, 5.41) is 1.16. The quantitative estimate of drug-likeness (QED) is 0.585. The van der Waals surface area contributed by atoms with Crippen molar-refractivity contribution in [3.05, 3.63) is 12.2 Å². The van der Waals surface area contributed by atoms with E-state index in [2.05, 4.69) is 25.3 Å². The Labute approximate surface area is 119 Å². The van der Waals surface area contributed by atoms with E-state index in [0.29, 0.717) is 17.4 Å². The summed E-state index contributed by atoms with van der Waals surface area (Å²) >= 11 is 8.05. The van der Waals surface area contributed by atoms with Gasteiger partial charge in [0.2, 0.25) is 0 Å². The zero-order chi connectivity index (χ0) is 12.5. The van der Waals surface area contributed by atoms with E-state index < -0.39 is 0 Å². The van der Waals surface area contributed by atoms with Crippen LogP contribution in [0, 0.1) is 0 Å². The third-order valence-electron chi connectivity index (χ3n) is 2.35. The summed E-state index contributed by atoms with van der Waals surface area (Å²) in [4.78, 5) is 11.3. The molecule has 0 saturated carbocycles. The van der Waals surface area contributed by atoms with Crippen molar-refractivity contribution in [1.29, 1.82) is 0 Å². The molecule has 0 aromatic carbocycles. The van der Waals surface area contributed by atoms with Crippen molar-refractivity contribution in [2.45, 2.75) is 27.1 Å². The highest BCUT2D eigenvalue weighted by Gasteiger charge is 2.47. The second-order valence-corrected chi connectivity index (χ2v) is 11.4. The average molecular weight is 309 g/mol. The minimum absolute atomic E-state index is 0.264. The van der Waals surface area contributed by atoms with Crippen molar-refractivity contribution in [1.82, 2.24) is 0 Å². The van der Waals surface area contributed by atoms with Gasteiger partial charge in [0.1, 0.15) is 6.61 Å². The summed E-state index contributed by atoms with van der Waals surface area (Å²) in [5.74, 6) is 2.03. The van der Waals surface area contributed by atoms with Crippen molar-refractivity contribution in [2.24, 2.45) is 0 Å². The Morgan fingerprint density at radius 2 is 2.12 bits per heavy atom.